The summed E-state index contributed by atoms with van der Waals surface area (Å²) in [6.45, 7) is 5.89. The van der Waals surface area contributed by atoms with Gasteiger partial charge in [-0.05, 0) is 32.9 Å². The Labute approximate surface area is 105 Å². The molecule has 96 valence electrons. The van der Waals surface area contributed by atoms with Gasteiger partial charge in [0.1, 0.15) is 11.1 Å². The van der Waals surface area contributed by atoms with Crippen LogP contribution in [0.4, 0.5) is 6.01 Å². The van der Waals surface area contributed by atoms with Crippen molar-refractivity contribution in [2.75, 3.05) is 12.4 Å². The zero-order valence-electron chi connectivity index (χ0n) is 10.9. The molecule has 0 saturated carbocycles. The highest BCUT2D eigenvalue weighted by Crippen LogP contribution is 2.22. The maximum Gasteiger partial charge on any atom is 0.351 e. The Kier molecular flexibility index (Phi) is 2.98. The van der Waals surface area contributed by atoms with E-state index in [0.717, 1.165) is 0 Å². The third-order valence-corrected chi connectivity index (χ3v) is 2.32. The lowest BCUT2D eigenvalue weighted by molar-refractivity contribution is 0.416. The molecule has 0 saturated heterocycles. The van der Waals surface area contributed by atoms with Crippen LogP contribution in [0.25, 0.3) is 10.9 Å². The van der Waals surface area contributed by atoms with E-state index in [2.05, 4.69) is 10.3 Å². The van der Waals surface area contributed by atoms with Gasteiger partial charge in [0.15, 0.2) is 0 Å². The summed E-state index contributed by atoms with van der Waals surface area (Å²) in [7, 11) is 1.51. The van der Waals surface area contributed by atoms with Gasteiger partial charge in [0, 0.05) is 5.54 Å². The van der Waals surface area contributed by atoms with Crippen LogP contribution in [0.2, 0.25) is 0 Å². The minimum atomic E-state index is -0.454. The van der Waals surface area contributed by atoms with Gasteiger partial charge in [-0.2, -0.15) is 4.98 Å². The molecular formula is C13H16N2O3. The molecular weight excluding hydrogens is 232 g/mol. The van der Waals surface area contributed by atoms with Crippen LogP contribution in [0.3, 0.4) is 0 Å². The number of ether oxygens (including phenoxy) is 1. The number of hydrogen-bond donors (Lipinski definition) is 1. The lowest BCUT2D eigenvalue weighted by Gasteiger charge is -2.19. The second kappa shape index (κ2) is 4.33. The minimum Gasteiger partial charge on any atom is -0.496 e. The monoisotopic (exact) mass is 248 g/mol. The highest BCUT2D eigenvalue weighted by molar-refractivity contribution is 5.84. The van der Waals surface area contributed by atoms with E-state index in [-0.39, 0.29) is 11.6 Å². The van der Waals surface area contributed by atoms with Crippen molar-refractivity contribution in [3.63, 3.8) is 0 Å². The first-order valence-corrected chi connectivity index (χ1v) is 5.67. The van der Waals surface area contributed by atoms with Gasteiger partial charge in [-0.1, -0.05) is 6.07 Å². The van der Waals surface area contributed by atoms with Crippen molar-refractivity contribution < 1.29 is 9.15 Å². The fraction of sp³-hybridized carbons (Fsp3) is 0.385. The topological polar surface area (TPSA) is 64.4 Å². The van der Waals surface area contributed by atoms with Crippen molar-refractivity contribution in [1.82, 2.24) is 4.98 Å². The van der Waals surface area contributed by atoms with E-state index in [1.807, 2.05) is 20.8 Å². The van der Waals surface area contributed by atoms with Crippen molar-refractivity contribution in [3.05, 3.63) is 28.6 Å². The summed E-state index contributed by atoms with van der Waals surface area (Å²) in [5.41, 5.74) is -0.128. The largest absolute Gasteiger partial charge is 0.496 e. The third-order valence-electron chi connectivity index (χ3n) is 2.32. The predicted molar refractivity (Wildman–Crippen MR) is 70.2 cm³/mol. The van der Waals surface area contributed by atoms with Crippen molar-refractivity contribution in [1.29, 1.82) is 0 Å². The molecule has 1 heterocycles. The fourth-order valence-electron chi connectivity index (χ4n) is 1.63. The van der Waals surface area contributed by atoms with Crippen molar-refractivity contribution in [2.45, 2.75) is 26.3 Å². The van der Waals surface area contributed by atoms with E-state index < -0.39 is 5.63 Å². The average Bonchev–Trinajstić information content (AvgIpc) is 2.25. The predicted octanol–water partition coefficient (Wildman–Crippen LogP) is 2.41. The number of nitrogens with zero attached hydrogens (tertiary/aromatic N) is 1. The Balaban J connectivity index is 2.61. The van der Waals surface area contributed by atoms with Crippen LogP contribution in [-0.2, 0) is 0 Å². The molecule has 0 bridgehead atoms. The molecule has 0 fully saturated rings. The van der Waals surface area contributed by atoms with Gasteiger partial charge < -0.3 is 14.5 Å². The summed E-state index contributed by atoms with van der Waals surface area (Å²) in [6, 6.07) is 5.46. The highest BCUT2D eigenvalue weighted by atomic mass is 16.5. The van der Waals surface area contributed by atoms with E-state index in [9.17, 15) is 4.79 Å². The van der Waals surface area contributed by atoms with Crippen LogP contribution >= 0.6 is 0 Å². The van der Waals surface area contributed by atoms with E-state index in [1.54, 1.807) is 18.2 Å². The lowest BCUT2D eigenvalue weighted by atomic mass is 10.1. The molecule has 0 aliphatic heterocycles. The van der Waals surface area contributed by atoms with E-state index in [0.29, 0.717) is 16.7 Å². The molecule has 2 rings (SSSR count). The maximum atomic E-state index is 11.9. The first-order valence-electron chi connectivity index (χ1n) is 5.67. The summed E-state index contributed by atoms with van der Waals surface area (Å²) in [5, 5.41) is 3.39. The highest BCUT2D eigenvalue weighted by Gasteiger charge is 2.15. The zero-order chi connectivity index (χ0) is 13.3. The smallest absolute Gasteiger partial charge is 0.351 e. The second-order valence-electron chi connectivity index (χ2n) is 5.04. The van der Waals surface area contributed by atoms with Gasteiger partial charge in [-0.25, -0.2) is 4.79 Å². The molecule has 5 heteroatoms. The first kappa shape index (κ1) is 12.4. The Morgan fingerprint density at radius 3 is 2.67 bits per heavy atom. The fourth-order valence-corrected chi connectivity index (χ4v) is 1.63. The summed E-state index contributed by atoms with van der Waals surface area (Å²) in [4.78, 5) is 16.2. The summed E-state index contributed by atoms with van der Waals surface area (Å²) < 4.78 is 10.3. The third kappa shape index (κ3) is 2.45. The number of benzene rings is 1. The molecule has 0 amide bonds. The maximum absolute atomic E-state index is 11.9. The van der Waals surface area contributed by atoms with Crippen LogP contribution in [0, 0.1) is 0 Å². The van der Waals surface area contributed by atoms with E-state index >= 15 is 0 Å². The van der Waals surface area contributed by atoms with Crippen LogP contribution in [0.15, 0.2) is 27.4 Å². The lowest BCUT2D eigenvalue weighted by Crippen LogP contribution is -2.27. The van der Waals surface area contributed by atoms with Gasteiger partial charge >= 0.3 is 5.63 Å². The number of anilines is 1. The van der Waals surface area contributed by atoms with Crippen molar-refractivity contribution in [3.8, 4) is 5.75 Å². The van der Waals surface area contributed by atoms with Crippen molar-refractivity contribution in [2.24, 2.45) is 0 Å². The first-order chi connectivity index (χ1) is 8.40. The number of rotatable bonds is 2. The van der Waals surface area contributed by atoms with Crippen LogP contribution in [-0.4, -0.2) is 17.6 Å². The van der Waals surface area contributed by atoms with Gasteiger partial charge in [-0.3, -0.25) is 0 Å². The molecule has 0 radical (unpaired) electrons. The molecule has 0 spiro atoms. The van der Waals surface area contributed by atoms with Crippen LogP contribution in [0.5, 0.6) is 5.75 Å². The van der Waals surface area contributed by atoms with Gasteiger partial charge in [0.25, 0.3) is 6.01 Å². The number of fused-ring (bicyclic) bond motifs is 1. The van der Waals surface area contributed by atoms with E-state index in [4.69, 9.17) is 9.15 Å². The molecule has 5 nitrogen and oxygen atoms in total. The average molecular weight is 248 g/mol. The van der Waals surface area contributed by atoms with Crippen LogP contribution < -0.4 is 15.7 Å². The van der Waals surface area contributed by atoms with E-state index in [1.165, 1.54) is 7.11 Å². The molecule has 1 aromatic heterocycles. The Morgan fingerprint density at radius 2 is 2.06 bits per heavy atom. The number of nitrogens with one attached hydrogen (secondary N) is 1. The summed E-state index contributed by atoms with van der Waals surface area (Å²) in [5.74, 6) is 0.469. The molecule has 0 aliphatic rings. The Morgan fingerprint density at radius 1 is 1.33 bits per heavy atom. The van der Waals surface area contributed by atoms with Gasteiger partial charge in [-0.15, -0.1) is 0 Å². The SMILES string of the molecule is COc1cccc2nc(NC(C)(C)C)oc(=O)c12. The molecule has 0 unspecified atom stereocenters. The molecule has 0 aliphatic carbocycles. The minimum absolute atomic E-state index is 0.216. The van der Waals surface area contributed by atoms with Crippen molar-refractivity contribution >= 4 is 16.9 Å². The van der Waals surface area contributed by atoms with Gasteiger partial charge in [0.05, 0.1) is 12.6 Å². The second-order valence-corrected chi connectivity index (χ2v) is 5.04. The standard InChI is InChI=1S/C13H16N2O3/c1-13(2,3)15-12-14-8-6-5-7-9(17-4)10(8)11(16)18-12/h5-7H,1-4H3,(H,14,15). The number of methoxy groups -OCH3 is 1. The number of hydrogen-bond acceptors (Lipinski definition) is 5. The zero-order valence-corrected chi connectivity index (χ0v) is 10.9. The molecule has 1 N–H and O–H groups in total. The quantitative estimate of drug-likeness (QED) is 0.884. The molecule has 2 aromatic rings. The normalized spacial score (nSPS) is 11.6. The number of aromatic nitrogens is 1. The van der Waals surface area contributed by atoms with Crippen LogP contribution in [0.1, 0.15) is 20.8 Å². The Bertz CT molecular complexity index is 626. The summed E-state index contributed by atoms with van der Waals surface area (Å²) >= 11 is 0. The molecule has 18 heavy (non-hydrogen) atoms. The van der Waals surface area contributed by atoms with Gasteiger partial charge in [0.2, 0.25) is 0 Å². The summed E-state index contributed by atoms with van der Waals surface area (Å²) in [6.07, 6.45) is 0. The Hall–Kier alpha value is -2.04. The molecule has 1 aromatic carbocycles. The molecule has 0 atom stereocenters.